The van der Waals surface area contributed by atoms with Crippen LogP contribution < -0.4 is 0 Å². The highest BCUT2D eigenvalue weighted by Gasteiger charge is 2.17. The minimum Gasteiger partial charge on any atom is -0.376 e. The Hall–Kier alpha value is 1.02. The fourth-order valence-electron chi connectivity index (χ4n) is 0.932. The topological polar surface area (TPSA) is 9.23 Å². The molecule has 0 saturated carbocycles. The molecular weight excluding hydrogens is 275 g/mol. The Kier molecular flexibility index (Phi) is 10.3. The predicted molar refractivity (Wildman–Crippen MR) is 63.4 cm³/mol. The molecule has 0 N–H and O–H groups in total. The monoisotopic (exact) mass is 290 g/mol. The number of hydrogen-bond acceptors (Lipinski definition) is 1. The average molecular weight is 292 g/mol. The van der Waals surface area contributed by atoms with E-state index in [4.69, 9.17) is 27.9 Å². The van der Waals surface area contributed by atoms with Crippen molar-refractivity contribution in [2.24, 2.45) is 0 Å². The van der Waals surface area contributed by atoms with Crippen molar-refractivity contribution in [3.05, 3.63) is 0 Å². The fourth-order valence-corrected chi connectivity index (χ4v) is 1.99. The van der Waals surface area contributed by atoms with Crippen LogP contribution in [0.15, 0.2) is 0 Å². The first-order valence-corrected chi connectivity index (χ1v) is 6.62. The van der Waals surface area contributed by atoms with Gasteiger partial charge in [0.25, 0.3) is 0 Å². The lowest BCUT2D eigenvalue weighted by Crippen LogP contribution is -2.27. The van der Waals surface area contributed by atoms with Gasteiger partial charge in [0.2, 0.25) is 0 Å². The van der Waals surface area contributed by atoms with E-state index in [0.717, 1.165) is 13.0 Å². The van der Waals surface area contributed by atoms with E-state index in [1.807, 2.05) is 0 Å². The van der Waals surface area contributed by atoms with Gasteiger partial charge in [-0.05, 0) is 6.42 Å². The van der Waals surface area contributed by atoms with Crippen molar-refractivity contribution in [2.75, 3.05) is 18.4 Å². The van der Waals surface area contributed by atoms with Gasteiger partial charge in [-0.2, -0.15) is 0 Å². The van der Waals surface area contributed by atoms with E-state index in [0.29, 0.717) is 11.8 Å². The summed E-state index contributed by atoms with van der Waals surface area (Å²) in [4.78, 5) is 0.160. The summed E-state index contributed by atoms with van der Waals surface area (Å²) in [7, 11) is 0. The molecule has 0 aliphatic rings. The molecule has 0 fully saturated rings. The molecule has 0 aliphatic heterocycles. The van der Waals surface area contributed by atoms with Crippen LogP contribution in [0.25, 0.3) is 0 Å². The second-order valence-corrected chi connectivity index (χ2v) is 4.73. The lowest BCUT2D eigenvalue weighted by Gasteiger charge is -2.18. The predicted octanol–water partition coefficient (Wildman–Crippen LogP) is 3.80. The summed E-state index contributed by atoms with van der Waals surface area (Å²) in [5.41, 5.74) is 0. The van der Waals surface area contributed by atoms with Gasteiger partial charge >= 0.3 is 0 Å². The quantitative estimate of drug-likeness (QED) is 0.488. The van der Waals surface area contributed by atoms with Gasteiger partial charge in [-0.1, -0.05) is 35.7 Å². The third-order valence-electron chi connectivity index (χ3n) is 1.78. The van der Waals surface area contributed by atoms with E-state index < -0.39 is 0 Å². The molecule has 0 bridgehead atoms. The largest absolute Gasteiger partial charge is 0.376 e. The summed E-state index contributed by atoms with van der Waals surface area (Å²) in [6, 6.07) is 0. The Morgan fingerprint density at radius 2 is 1.92 bits per heavy atom. The average Bonchev–Trinajstić information content (AvgIpc) is 2.17. The van der Waals surface area contributed by atoms with Crippen LogP contribution in [0.1, 0.15) is 26.2 Å². The molecule has 4 heteroatoms. The molecule has 0 spiro atoms. The zero-order valence-electron chi connectivity index (χ0n) is 7.94. The highest BCUT2D eigenvalue weighted by Crippen LogP contribution is 2.13. The molecule has 0 aromatic carbocycles. The molecule has 0 amide bonds. The Bertz CT molecular complexity index is 114. The summed E-state index contributed by atoms with van der Waals surface area (Å²) >= 11 is 14.9. The lowest BCUT2D eigenvalue weighted by molar-refractivity contribution is 0.0685. The van der Waals surface area contributed by atoms with Crippen molar-refractivity contribution in [3.8, 4) is 0 Å². The maximum Gasteiger partial charge on any atom is 0.0846 e. The number of rotatable bonds is 8. The molecule has 2 unspecified atom stereocenters. The first-order valence-electron chi connectivity index (χ1n) is 4.63. The fraction of sp³-hybridized carbons (Fsp3) is 1.00. The number of unbranched alkanes of at least 4 members (excludes halogenated alkanes) is 2. The van der Waals surface area contributed by atoms with Crippen molar-refractivity contribution in [3.63, 3.8) is 0 Å². The van der Waals surface area contributed by atoms with Gasteiger partial charge in [-0.25, -0.2) is 0 Å². The number of halogens is 3. The van der Waals surface area contributed by atoms with Crippen LogP contribution in [0.3, 0.4) is 0 Å². The summed E-state index contributed by atoms with van der Waals surface area (Å²) < 4.78 is 5.58. The molecule has 0 saturated heterocycles. The molecule has 1 nitrogen and oxygen atoms in total. The van der Waals surface area contributed by atoms with Crippen molar-refractivity contribution in [1.82, 2.24) is 0 Å². The van der Waals surface area contributed by atoms with Crippen LogP contribution in [0.5, 0.6) is 0 Å². The Balaban J connectivity index is 3.47. The number of hydrogen-bond donors (Lipinski definition) is 0. The molecule has 2 atom stereocenters. The van der Waals surface area contributed by atoms with E-state index >= 15 is 0 Å². The molecule has 0 aliphatic carbocycles. The highest BCUT2D eigenvalue weighted by molar-refractivity contribution is 9.09. The second kappa shape index (κ2) is 9.57. The molecule has 0 radical (unpaired) electrons. The number of ether oxygens (including phenoxy) is 1. The lowest BCUT2D eigenvalue weighted by atomic mass is 10.2. The van der Waals surface area contributed by atoms with Crippen molar-refractivity contribution >= 4 is 39.1 Å². The molecule has 80 valence electrons. The summed E-state index contributed by atoms with van der Waals surface area (Å²) in [5.74, 6) is 1.03. The van der Waals surface area contributed by atoms with E-state index in [1.54, 1.807) is 0 Å². The molecule has 0 rings (SSSR count). The smallest absolute Gasteiger partial charge is 0.0846 e. The molecule has 0 aromatic rings. The number of alkyl halides is 3. The minimum atomic E-state index is 0.0380. The van der Waals surface area contributed by atoms with Crippen LogP contribution in [-0.4, -0.2) is 29.3 Å². The standard InChI is InChI=1S/C9H17BrCl2O/c1-2-3-4-5-13-9(7-12)8(10)6-11/h8-9H,2-7H2,1H3. The van der Waals surface area contributed by atoms with Gasteiger partial charge in [0.1, 0.15) is 0 Å². The maximum absolute atomic E-state index is 5.74. The Morgan fingerprint density at radius 3 is 2.38 bits per heavy atom. The van der Waals surface area contributed by atoms with Gasteiger partial charge in [0.05, 0.1) is 10.9 Å². The van der Waals surface area contributed by atoms with Crippen molar-refractivity contribution < 1.29 is 4.74 Å². The van der Waals surface area contributed by atoms with Crippen LogP contribution in [0, 0.1) is 0 Å². The molecule has 0 aromatic heterocycles. The summed E-state index contributed by atoms with van der Waals surface area (Å²) in [5, 5.41) is 0. The Morgan fingerprint density at radius 1 is 1.23 bits per heavy atom. The van der Waals surface area contributed by atoms with E-state index in [9.17, 15) is 0 Å². The van der Waals surface area contributed by atoms with E-state index in [2.05, 4.69) is 22.9 Å². The van der Waals surface area contributed by atoms with E-state index in [1.165, 1.54) is 12.8 Å². The third kappa shape index (κ3) is 7.01. The minimum absolute atomic E-state index is 0.0380. The SMILES string of the molecule is CCCCCOC(CCl)C(Br)CCl. The molecular formula is C9H17BrCl2O. The third-order valence-corrected chi connectivity index (χ3v) is 3.71. The van der Waals surface area contributed by atoms with Gasteiger partial charge in [-0.3, -0.25) is 0 Å². The molecule has 0 heterocycles. The van der Waals surface area contributed by atoms with E-state index in [-0.39, 0.29) is 10.9 Å². The maximum atomic E-state index is 5.74. The molecule has 13 heavy (non-hydrogen) atoms. The second-order valence-electron chi connectivity index (χ2n) is 2.94. The van der Waals surface area contributed by atoms with Crippen LogP contribution in [0.2, 0.25) is 0 Å². The first kappa shape index (κ1) is 14.0. The van der Waals surface area contributed by atoms with Crippen molar-refractivity contribution in [1.29, 1.82) is 0 Å². The van der Waals surface area contributed by atoms with Gasteiger partial charge in [0.15, 0.2) is 0 Å². The highest BCUT2D eigenvalue weighted by atomic mass is 79.9. The van der Waals surface area contributed by atoms with Gasteiger partial charge in [0, 0.05) is 18.4 Å². The zero-order chi connectivity index (χ0) is 10.1. The van der Waals surface area contributed by atoms with Crippen molar-refractivity contribution in [2.45, 2.75) is 37.1 Å². The zero-order valence-corrected chi connectivity index (χ0v) is 11.0. The Labute approximate surface area is 99.2 Å². The van der Waals surface area contributed by atoms with Gasteiger partial charge < -0.3 is 4.74 Å². The van der Waals surface area contributed by atoms with Crippen LogP contribution in [-0.2, 0) is 4.74 Å². The van der Waals surface area contributed by atoms with Crippen LogP contribution >= 0.6 is 39.1 Å². The van der Waals surface area contributed by atoms with Gasteiger partial charge in [-0.15, -0.1) is 23.2 Å². The summed E-state index contributed by atoms with van der Waals surface area (Å²) in [6.07, 6.45) is 3.56. The summed E-state index contributed by atoms with van der Waals surface area (Å²) in [6.45, 7) is 2.95. The first-order chi connectivity index (χ1) is 6.26. The normalized spacial score (nSPS) is 15.7. The van der Waals surface area contributed by atoms with Crippen LogP contribution in [0.4, 0.5) is 0 Å².